The van der Waals surface area contributed by atoms with Crippen molar-refractivity contribution in [1.82, 2.24) is 4.31 Å². The second kappa shape index (κ2) is 8.37. The maximum atomic E-state index is 14.0. The van der Waals surface area contributed by atoms with Gasteiger partial charge in [-0.1, -0.05) is 24.3 Å². The summed E-state index contributed by atoms with van der Waals surface area (Å²) in [5.41, 5.74) is 0.405. The molecule has 10 heteroatoms. The third-order valence-corrected chi connectivity index (χ3v) is 7.72. The van der Waals surface area contributed by atoms with Gasteiger partial charge in [0.2, 0.25) is 15.9 Å². The molecule has 164 valence electrons. The molecule has 0 bridgehead atoms. The predicted molar refractivity (Wildman–Crippen MR) is 110 cm³/mol. The first-order valence-corrected chi connectivity index (χ1v) is 11.4. The summed E-state index contributed by atoms with van der Waals surface area (Å²) in [6, 6.07) is 11.5. The molecular weight excluding hydrogens is 425 g/mol. The molecule has 2 amide bonds. The first kappa shape index (κ1) is 21.4. The van der Waals surface area contributed by atoms with Crippen molar-refractivity contribution in [2.75, 3.05) is 38.2 Å². The first-order chi connectivity index (χ1) is 14.8. The Kier molecular flexibility index (Phi) is 5.78. The Morgan fingerprint density at radius 2 is 1.68 bits per heavy atom. The van der Waals surface area contributed by atoms with E-state index >= 15 is 0 Å². The highest BCUT2D eigenvalue weighted by Crippen LogP contribution is 2.31. The number of hydrogen-bond donors (Lipinski definition) is 1. The maximum absolute atomic E-state index is 14.0. The number of ether oxygens (including phenoxy) is 1. The molecule has 2 fully saturated rings. The van der Waals surface area contributed by atoms with Crippen molar-refractivity contribution in [2.24, 2.45) is 0 Å². The number of nitrogens with zero attached hydrogens (tertiary/aromatic N) is 2. The van der Waals surface area contributed by atoms with E-state index in [1.165, 1.54) is 29.6 Å². The summed E-state index contributed by atoms with van der Waals surface area (Å²) >= 11 is 0. The molecule has 2 aromatic carbocycles. The van der Waals surface area contributed by atoms with Crippen LogP contribution in [0.1, 0.15) is 6.42 Å². The van der Waals surface area contributed by atoms with Gasteiger partial charge < -0.3 is 9.64 Å². The average Bonchev–Trinajstić information content (AvgIpc) is 3.07. The van der Waals surface area contributed by atoms with Crippen LogP contribution in [0.3, 0.4) is 0 Å². The summed E-state index contributed by atoms with van der Waals surface area (Å²) in [5.74, 6) is -0.995. The Morgan fingerprint density at radius 3 is 2.35 bits per heavy atom. The number of carbonyl (C=O) groups is 2. The van der Waals surface area contributed by atoms with Gasteiger partial charge in [0.1, 0.15) is 16.5 Å². The van der Waals surface area contributed by atoms with Gasteiger partial charge in [0.05, 0.1) is 45.4 Å². The highest BCUT2D eigenvalue weighted by Gasteiger charge is 2.48. The fourth-order valence-electron chi connectivity index (χ4n) is 4.17. The molecule has 31 heavy (non-hydrogen) atoms. The number of anilines is 1. The Morgan fingerprint density at radius 1 is 1.03 bits per heavy atom. The molecule has 4 rings (SSSR count). The quantitative estimate of drug-likeness (QED) is 0.654. The molecule has 0 unspecified atom stereocenters. The second-order valence-corrected chi connectivity index (χ2v) is 9.40. The molecule has 1 N–H and O–H groups in total. The topological polar surface area (TPSA) is 88.4 Å². The zero-order valence-corrected chi connectivity index (χ0v) is 17.8. The van der Waals surface area contributed by atoms with E-state index in [9.17, 15) is 22.4 Å². The van der Waals surface area contributed by atoms with E-state index in [-0.39, 0.29) is 36.2 Å². The van der Waals surface area contributed by atoms with Crippen LogP contribution in [0.5, 0.6) is 5.75 Å². The molecule has 0 aliphatic carbocycles. The Hall–Kier alpha value is -2.82. The summed E-state index contributed by atoms with van der Waals surface area (Å²) in [7, 11) is -2.49. The molecule has 8 nitrogen and oxygen atoms in total. The first-order valence-electron chi connectivity index (χ1n) is 9.93. The van der Waals surface area contributed by atoms with Crippen LogP contribution in [-0.2, 0) is 19.6 Å². The van der Waals surface area contributed by atoms with Crippen molar-refractivity contribution in [3.05, 3.63) is 54.3 Å². The molecule has 2 heterocycles. The second-order valence-electron chi connectivity index (χ2n) is 7.49. The fourth-order valence-corrected chi connectivity index (χ4v) is 5.68. The minimum absolute atomic E-state index is 0.0479. The normalized spacial score (nSPS) is 21.0. The standard InChI is InChI=1S/C21H22FN3O5S/c1-30-18-8-4-3-7-16(18)25-20(26)14-17(21(25)27)23-10-12-24(13-11-23)31(28,29)19-9-5-2-6-15(19)22/h2-9,17H,10-14H2,1H3/p+1/t17-/m0/s1. The van der Waals surface area contributed by atoms with E-state index in [1.54, 1.807) is 24.3 Å². The number of halogens is 1. The lowest BCUT2D eigenvalue weighted by molar-refractivity contribution is -0.918. The number of sulfonamides is 1. The van der Waals surface area contributed by atoms with E-state index < -0.39 is 21.9 Å². The lowest BCUT2D eigenvalue weighted by Crippen LogP contribution is -3.19. The van der Waals surface area contributed by atoms with Crippen molar-refractivity contribution < 1.29 is 32.0 Å². The van der Waals surface area contributed by atoms with Crippen molar-refractivity contribution in [1.29, 1.82) is 0 Å². The van der Waals surface area contributed by atoms with Crippen molar-refractivity contribution in [3.63, 3.8) is 0 Å². The number of amides is 2. The number of rotatable bonds is 5. The average molecular weight is 448 g/mol. The van der Waals surface area contributed by atoms with Crippen LogP contribution in [0, 0.1) is 5.82 Å². The SMILES string of the molecule is COc1ccccc1N1C(=O)C[C@H]([NH+]2CCN(S(=O)(=O)c3ccccc3F)CC2)C1=O. The summed E-state index contributed by atoms with van der Waals surface area (Å²) in [4.78, 5) is 27.4. The van der Waals surface area contributed by atoms with E-state index in [0.717, 1.165) is 15.9 Å². The maximum Gasteiger partial charge on any atom is 0.292 e. The number of piperazine rings is 1. The minimum Gasteiger partial charge on any atom is -0.495 e. The number of quaternary nitrogens is 1. The van der Waals surface area contributed by atoms with Crippen molar-refractivity contribution in [3.8, 4) is 5.75 Å². The predicted octanol–water partition coefficient (Wildman–Crippen LogP) is 0.0556. The summed E-state index contributed by atoms with van der Waals surface area (Å²) in [6.45, 7) is 0.964. The van der Waals surface area contributed by atoms with Gasteiger partial charge in [-0.25, -0.2) is 17.7 Å². The van der Waals surface area contributed by atoms with E-state index in [4.69, 9.17) is 4.74 Å². The summed E-state index contributed by atoms with van der Waals surface area (Å²) in [5, 5.41) is 0. The molecule has 2 saturated heterocycles. The lowest BCUT2D eigenvalue weighted by Gasteiger charge is -2.33. The van der Waals surface area contributed by atoms with Crippen molar-refractivity contribution in [2.45, 2.75) is 17.4 Å². The molecule has 0 spiro atoms. The highest BCUT2D eigenvalue weighted by atomic mass is 32.2. The molecule has 2 aliphatic heterocycles. The Balaban J connectivity index is 1.48. The number of nitrogens with one attached hydrogen (secondary N) is 1. The van der Waals surface area contributed by atoms with Crippen LogP contribution in [0.25, 0.3) is 0 Å². The monoisotopic (exact) mass is 448 g/mol. The van der Waals surface area contributed by atoms with Gasteiger partial charge in [0.15, 0.2) is 6.04 Å². The van der Waals surface area contributed by atoms with Gasteiger partial charge >= 0.3 is 0 Å². The number of benzene rings is 2. The fraction of sp³-hybridized carbons (Fsp3) is 0.333. The van der Waals surface area contributed by atoms with Crippen LogP contribution >= 0.6 is 0 Å². The largest absolute Gasteiger partial charge is 0.495 e. The molecule has 2 aliphatic rings. The van der Waals surface area contributed by atoms with Crippen LogP contribution in [0.15, 0.2) is 53.4 Å². The third-order valence-electron chi connectivity index (χ3n) is 5.78. The van der Waals surface area contributed by atoms with E-state index in [2.05, 4.69) is 0 Å². The number of hydrogen-bond acceptors (Lipinski definition) is 5. The molecule has 0 radical (unpaired) electrons. The zero-order valence-electron chi connectivity index (χ0n) is 17.0. The zero-order chi connectivity index (χ0) is 22.2. The molecular formula is C21H23FN3O5S+. The van der Waals surface area contributed by atoms with Crippen molar-refractivity contribution >= 4 is 27.5 Å². The lowest BCUT2D eigenvalue weighted by atomic mass is 10.2. The van der Waals surface area contributed by atoms with Crippen LogP contribution in [0.2, 0.25) is 0 Å². The molecule has 1 atom stereocenters. The third kappa shape index (κ3) is 3.82. The number of imide groups is 1. The van der Waals surface area contributed by atoms with Gasteiger partial charge in [0.25, 0.3) is 5.91 Å². The van der Waals surface area contributed by atoms with Crippen LogP contribution < -0.4 is 14.5 Å². The van der Waals surface area contributed by atoms with Gasteiger partial charge in [-0.15, -0.1) is 0 Å². The van der Waals surface area contributed by atoms with Crippen LogP contribution in [0.4, 0.5) is 10.1 Å². The van der Waals surface area contributed by atoms with Gasteiger partial charge in [-0.05, 0) is 24.3 Å². The number of carbonyl (C=O) groups excluding carboxylic acids is 2. The molecule has 0 aromatic heterocycles. The smallest absolute Gasteiger partial charge is 0.292 e. The summed E-state index contributed by atoms with van der Waals surface area (Å²) < 4.78 is 46.1. The van der Waals surface area contributed by atoms with Gasteiger partial charge in [0, 0.05) is 0 Å². The molecule has 0 saturated carbocycles. The summed E-state index contributed by atoms with van der Waals surface area (Å²) in [6.07, 6.45) is 0.0479. The van der Waals surface area contributed by atoms with Gasteiger partial charge in [-0.2, -0.15) is 4.31 Å². The van der Waals surface area contributed by atoms with E-state index in [0.29, 0.717) is 24.5 Å². The Bertz CT molecular complexity index is 1120. The molecule has 2 aromatic rings. The van der Waals surface area contributed by atoms with Crippen LogP contribution in [-0.4, -0.2) is 63.9 Å². The van der Waals surface area contributed by atoms with Gasteiger partial charge in [-0.3, -0.25) is 9.59 Å². The van der Waals surface area contributed by atoms with E-state index in [1.807, 2.05) is 0 Å². The number of methoxy groups -OCH3 is 1. The highest BCUT2D eigenvalue weighted by molar-refractivity contribution is 7.89. The minimum atomic E-state index is -3.96. The number of para-hydroxylation sites is 2. The Labute approximate surface area is 179 Å².